The lowest BCUT2D eigenvalue weighted by Gasteiger charge is -2.35. The summed E-state index contributed by atoms with van der Waals surface area (Å²) in [6.45, 7) is 0.398. The number of hydrogen-bond donors (Lipinski definition) is 1. The molecule has 1 aliphatic heterocycles. The first kappa shape index (κ1) is 18.8. The lowest BCUT2D eigenvalue weighted by Crippen LogP contribution is -2.44. The fourth-order valence-electron chi connectivity index (χ4n) is 2.94. The molecule has 0 radical (unpaired) electrons. The van der Waals surface area contributed by atoms with Crippen molar-refractivity contribution in [1.29, 1.82) is 0 Å². The van der Waals surface area contributed by atoms with Gasteiger partial charge in [-0.15, -0.1) is 0 Å². The molecular weight excluding hydrogens is 326 g/mol. The molecule has 1 N–H and O–H groups in total. The number of piperidine rings is 1. The molecule has 1 aliphatic rings. The van der Waals surface area contributed by atoms with Gasteiger partial charge in [0, 0.05) is 24.6 Å². The van der Waals surface area contributed by atoms with Gasteiger partial charge in [0.2, 0.25) is 0 Å². The van der Waals surface area contributed by atoms with Crippen LogP contribution in [0, 0.1) is 0 Å². The van der Waals surface area contributed by atoms with Gasteiger partial charge >= 0.3 is 11.9 Å². The monoisotopic (exact) mass is 349 g/mol. The SMILES string of the molecule is COC(=O)COc1cccc(C(=O)N2CCCCC2CCC(=O)O)c1. The van der Waals surface area contributed by atoms with Crippen molar-refractivity contribution >= 4 is 17.8 Å². The molecule has 25 heavy (non-hydrogen) atoms. The number of benzene rings is 1. The zero-order valence-corrected chi connectivity index (χ0v) is 14.3. The number of ether oxygens (including phenoxy) is 2. The molecular formula is C18H23NO6. The van der Waals surface area contributed by atoms with Crippen molar-refractivity contribution in [2.45, 2.75) is 38.1 Å². The van der Waals surface area contributed by atoms with E-state index < -0.39 is 11.9 Å². The minimum atomic E-state index is -0.851. The van der Waals surface area contributed by atoms with E-state index in [0.717, 1.165) is 19.3 Å². The molecule has 0 spiro atoms. The number of amides is 1. The number of carbonyl (C=O) groups excluding carboxylic acids is 2. The molecule has 0 bridgehead atoms. The van der Waals surface area contributed by atoms with Gasteiger partial charge in [-0.2, -0.15) is 0 Å². The van der Waals surface area contributed by atoms with Crippen molar-refractivity contribution in [1.82, 2.24) is 4.90 Å². The third kappa shape index (κ3) is 5.48. The number of carbonyl (C=O) groups is 3. The van der Waals surface area contributed by atoms with E-state index in [1.807, 2.05) is 0 Å². The van der Waals surface area contributed by atoms with E-state index in [2.05, 4.69) is 4.74 Å². The molecule has 1 aromatic carbocycles. The third-order valence-electron chi connectivity index (χ3n) is 4.24. The Hall–Kier alpha value is -2.57. The quantitative estimate of drug-likeness (QED) is 0.758. The summed E-state index contributed by atoms with van der Waals surface area (Å²) in [5.41, 5.74) is 0.463. The first-order valence-corrected chi connectivity index (χ1v) is 8.33. The molecule has 136 valence electrons. The molecule has 0 saturated carbocycles. The van der Waals surface area contributed by atoms with Crippen LogP contribution < -0.4 is 4.74 Å². The van der Waals surface area contributed by atoms with E-state index >= 15 is 0 Å². The van der Waals surface area contributed by atoms with Gasteiger partial charge in [0.05, 0.1) is 7.11 Å². The van der Waals surface area contributed by atoms with Gasteiger partial charge < -0.3 is 19.5 Å². The summed E-state index contributed by atoms with van der Waals surface area (Å²) in [5, 5.41) is 8.89. The van der Waals surface area contributed by atoms with Gasteiger partial charge in [0.25, 0.3) is 5.91 Å². The van der Waals surface area contributed by atoms with Crippen LogP contribution in [0.15, 0.2) is 24.3 Å². The predicted molar refractivity (Wildman–Crippen MR) is 89.5 cm³/mol. The number of nitrogens with zero attached hydrogens (tertiary/aromatic N) is 1. The Kier molecular flexibility index (Phi) is 6.80. The second-order valence-corrected chi connectivity index (χ2v) is 5.97. The Balaban J connectivity index is 2.06. The fourth-order valence-corrected chi connectivity index (χ4v) is 2.94. The molecule has 1 amide bonds. The smallest absolute Gasteiger partial charge is 0.343 e. The minimum absolute atomic E-state index is 0.0523. The Labute approximate surface area is 146 Å². The normalized spacial score (nSPS) is 17.0. The predicted octanol–water partition coefficient (Wildman–Crippen LogP) is 2.10. The minimum Gasteiger partial charge on any atom is -0.482 e. The van der Waals surface area contributed by atoms with Crippen molar-refractivity contribution in [2.24, 2.45) is 0 Å². The molecule has 1 heterocycles. The van der Waals surface area contributed by atoms with Crippen LogP contribution >= 0.6 is 0 Å². The Bertz CT molecular complexity index is 630. The topological polar surface area (TPSA) is 93.1 Å². The first-order valence-electron chi connectivity index (χ1n) is 8.33. The summed E-state index contributed by atoms with van der Waals surface area (Å²) in [6, 6.07) is 6.58. The van der Waals surface area contributed by atoms with E-state index in [-0.39, 0.29) is 25.0 Å². The number of aliphatic carboxylic acids is 1. The Morgan fingerprint density at radius 3 is 2.80 bits per heavy atom. The maximum Gasteiger partial charge on any atom is 0.343 e. The summed E-state index contributed by atoms with van der Waals surface area (Å²) in [4.78, 5) is 36.6. The highest BCUT2D eigenvalue weighted by molar-refractivity contribution is 5.95. The zero-order valence-electron chi connectivity index (χ0n) is 14.3. The van der Waals surface area contributed by atoms with Gasteiger partial charge in [-0.3, -0.25) is 9.59 Å². The molecule has 7 heteroatoms. The largest absolute Gasteiger partial charge is 0.482 e. The van der Waals surface area contributed by atoms with Gasteiger partial charge in [-0.25, -0.2) is 4.79 Å². The van der Waals surface area contributed by atoms with E-state index in [4.69, 9.17) is 9.84 Å². The Morgan fingerprint density at radius 1 is 1.28 bits per heavy atom. The lowest BCUT2D eigenvalue weighted by molar-refractivity contribution is -0.143. The van der Waals surface area contributed by atoms with Gasteiger partial charge in [-0.05, 0) is 43.9 Å². The van der Waals surface area contributed by atoms with Crippen LogP contribution in [0.4, 0.5) is 0 Å². The number of esters is 1. The molecule has 1 saturated heterocycles. The second-order valence-electron chi connectivity index (χ2n) is 5.97. The number of likely N-dealkylation sites (tertiary alicyclic amines) is 1. The highest BCUT2D eigenvalue weighted by Crippen LogP contribution is 2.24. The van der Waals surface area contributed by atoms with Crippen LogP contribution in [0.5, 0.6) is 5.75 Å². The van der Waals surface area contributed by atoms with Crippen LogP contribution in [0.1, 0.15) is 42.5 Å². The second kappa shape index (κ2) is 9.05. The number of rotatable bonds is 7. The standard InChI is InChI=1S/C18H23NO6/c1-24-17(22)12-25-15-7-4-5-13(11-15)18(23)19-10-3-2-6-14(19)8-9-16(20)21/h4-5,7,11,14H,2-3,6,8-10,12H2,1H3,(H,20,21). The van der Waals surface area contributed by atoms with Gasteiger partial charge in [0.15, 0.2) is 6.61 Å². The summed E-state index contributed by atoms with van der Waals surface area (Å²) >= 11 is 0. The lowest BCUT2D eigenvalue weighted by atomic mass is 9.97. The zero-order chi connectivity index (χ0) is 18.2. The highest BCUT2D eigenvalue weighted by Gasteiger charge is 2.28. The van der Waals surface area contributed by atoms with Crippen molar-refractivity contribution in [3.63, 3.8) is 0 Å². The van der Waals surface area contributed by atoms with E-state index in [0.29, 0.717) is 24.3 Å². The summed E-state index contributed by atoms with van der Waals surface area (Å²) < 4.78 is 9.84. The van der Waals surface area contributed by atoms with Gasteiger partial charge in [-0.1, -0.05) is 6.07 Å². The van der Waals surface area contributed by atoms with Crippen molar-refractivity contribution in [3.05, 3.63) is 29.8 Å². The van der Waals surface area contributed by atoms with Crippen molar-refractivity contribution in [2.75, 3.05) is 20.3 Å². The van der Waals surface area contributed by atoms with Gasteiger partial charge in [0.1, 0.15) is 5.75 Å². The average Bonchev–Trinajstić information content (AvgIpc) is 2.64. The van der Waals surface area contributed by atoms with E-state index in [1.165, 1.54) is 7.11 Å². The number of methoxy groups -OCH3 is 1. The summed E-state index contributed by atoms with van der Waals surface area (Å²) in [6.07, 6.45) is 3.23. The fraction of sp³-hybridized carbons (Fsp3) is 0.500. The molecule has 7 nitrogen and oxygen atoms in total. The summed E-state index contributed by atoms with van der Waals surface area (Å²) in [5.74, 6) is -1.08. The average molecular weight is 349 g/mol. The number of hydrogen-bond acceptors (Lipinski definition) is 5. The number of carboxylic acids is 1. The van der Waals surface area contributed by atoms with E-state index in [9.17, 15) is 14.4 Å². The molecule has 2 rings (SSSR count). The third-order valence-corrected chi connectivity index (χ3v) is 4.24. The maximum atomic E-state index is 12.8. The van der Waals surface area contributed by atoms with Crippen LogP contribution in [-0.4, -0.2) is 54.2 Å². The molecule has 0 aromatic heterocycles. The summed E-state index contributed by atoms with van der Waals surface area (Å²) in [7, 11) is 1.28. The van der Waals surface area contributed by atoms with Crippen LogP contribution in [0.25, 0.3) is 0 Å². The van der Waals surface area contributed by atoms with Crippen LogP contribution in [0.3, 0.4) is 0 Å². The molecule has 1 unspecified atom stereocenters. The molecule has 1 aromatic rings. The van der Waals surface area contributed by atoms with E-state index in [1.54, 1.807) is 29.2 Å². The molecule has 1 fully saturated rings. The van der Waals surface area contributed by atoms with Crippen molar-refractivity contribution < 1.29 is 29.0 Å². The number of carboxylic acid groups (broad SMARTS) is 1. The maximum absolute atomic E-state index is 12.8. The van der Waals surface area contributed by atoms with Crippen LogP contribution in [-0.2, 0) is 14.3 Å². The molecule has 1 atom stereocenters. The van der Waals surface area contributed by atoms with Crippen molar-refractivity contribution in [3.8, 4) is 5.75 Å². The Morgan fingerprint density at radius 2 is 2.08 bits per heavy atom. The van der Waals surface area contributed by atoms with Crippen LogP contribution in [0.2, 0.25) is 0 Å². The highest BCUT2D eigenvalue weighted by atomic mass is 16.6. The molecule has 0 aliphatic carbocycles. The first-order chi connectivity index (χ1) is 12.0.